The summed E-state index contributed by atoms with van der Waals surface area (Å²) in [7, 11) is 0. The van der Waals surface area contributed by atoms with Gasteiger partial charge in [-0.3, -0.25) is 4.99 Å². The van der Waals surface area contributed by atoms with E-state index < -0.39 is 5.63 Å². The maximum Gasteiger partial charge on any atom is 0.347 e. The summed E-state index contributed by atoms with van der Waals surface area (Å²) >= 11 is 6.06. The third-order valence-electron chi connectivity index (χ3n) is 3.40. The van der Waals surface area contributed by atoms with E-state index in [1.165, 1.54) is 6.21 Å². The number of aliphatic imine (C=N–C) groups is 1. The van der Waals surface area contributed by atoms with Crippen LogP contribution < -0.4 is 10.9 Å². The molecule has 4 nitrogen and oxygen atoms in total. The second kappa shape index (κ2) is 4.46. The Bertz CT molecular complexity index is 960. The quantitative estimate of drug-likeness (QED) is 0.493. The topological polar surface area (TPSA) is 54.6 Å². The molecule has 102 valence electrons. The molecule has 0 saturated heterocycles. The summed E-state index contributed by atoms with van der Waals surface area (Å²) in [5, 5.41) is 4.60. The van der Waals surface area contributed by atoms with Crippen molar-refractivity contribution in [3.8, 4) is 0 Å². The minimum Gasteiger partial charge on any atom is -0.422 e. The van der Waals surface area contributed by atoms with Gasteiger partial charge in [0.25, 0.3) is 0 Å². The van der Waals surface area contributed by atoms with E-state index in [-0.39, 0.29) is 0 Å². The zero-order valence-electron chi connectivity index (χ0n) is 10.8. The number of benzene rings is 2. The fraction of sp³-hybridized carbons (Fsp3) is 0. The molecule has 3 aromatic rings. The Balaban J connectivity index is 2.10. The molecule has 2 aromatic carbocycles. The maximum absolute atomic E-state index is 12.1. The van der Waals surface area contributed by atoms with Gasteiger partial charge < -0.3 is 9.73 Å². The van der Waals surface area contributed by atoms with Crippen LogP contribution in [0.5, 0.6) is 0 Å². The number of halogens is 1. The SMILES string of the molecule is O=c1oc2ccc(Cl)cc2c2c1C=Nc1ccccc1N2. The zero-order valence-corrected chi connectivity index (χ0v) is 11.5. The van der Waals surface area contributed by atoms with E-state index in [2.05, 4.69) is 10.3 Å². The summed E-state index contributed by atoms with van der Waals surface area (Å²) in [6.45, 7) is 0. The maximum atomic E-state index is 12.1. The number of anilines is 2. The van der Waals surface area contributed by atoms with Gasteiger partial charge in [0.1, 0.15) is 11.1 Å². The molecule has 4 rings (SSSR count). The van der Waals surface area contributed by atoms with Crippen molar-refractivity contribution in [2.75, 3.05) is 5.32 Å². The van der Waals surface area contributed by atoms with Crippen LogP contribution in [0.15, 0.2) is 56.7 Å². The van der Waals surface area contributed by atoms with Gasteiger partial charge in [0.05, 0.1) is 17.1 Å². The van der Waals surface area contributed by atoms with Crippen molar-refractivity contribution in [1.29, 1.82) is 0 Å². The standard InChI is InChI=1S/C16H9ClN2O2/c17-9-5-6-14-10(7-9)15-11(16(20)21-14)8-18-12-3-1-2-4-13(12)19-15/h1-8,19H. The molecule has 2 heterocycles. The lowest BCUT2D eigenvalue weighted by atomic mass is 10.1. The number of fused-ring (bicyclic) bond motifs is 4. The highest BCUT2D eigenvalue weighted by atomic mass is 35.5. The Kier molecular flexibility index (Phi) is 2.59. The van der Waals surface area contributed by atoms with E-state index in [9.17, 15) is 4.79 Å². The predicted molar refractivity (Wildman–Crippen MR) is 84.5 cm³/mol. The molecular weight excluding hydrogens is 288 g/mol. The van der Waals surface area contributed by atoms with Crippen molar-refractivity contribution in [3.05, 3.63) is 63.5 Å². The summed E-state index contributed by atoms with van der Waals surface area (Å²) in [5.74, 6) is 0. The van der Waals surface area contributed by atoms with Crippen LogP contribution in [0.3, 0.4) is 0 Å². The van der Waals surface area contributed by atoms with Gasteiger partial charge in [-0.05, 0) is 30.3 Å². The van der Waals surface area contributed by atoms with E-state index in [0.29, 0.717) is 21.9 Å². The number of rotatable bonds is 0. The minimum absolute atomic E-state index is 0.390. The summed E-state index contributed by atoms with van der Waals surface area (Å²) in [6, 6.07) is 12.7. The zero-order chi connectivity index (χ0) is 14.4. The molecule has 0 spiro atoms. The van der Waals surface area contributed by atoms with Crippen molar-refractivity contribution in [2.45, 2.75) is 0 Å². The van der Waals surface area contributed by atoms with Crippen LogP contribution in [0, 0.1) is 0 Å². The normalized spacial score (nSPS) is 12.4. The predicted octanol–water partition coefficient (Wildman–Crippen LogP) is 4.25. The third kappa shape index (κ3) is 1.92. The molecule has 1 aliphatic heterocycles. The van der Waals surface area contributed by atoms with Crippen molar-refractivity contribution in [1.82, 2.24) is 0 Å². The van der Waals surface area contributed by atoms with E-state index >= 15 is 0 Å². The Morgan fingerprint density at radius 1 is 1.14 bits per heavy atom. The molecule has 0 fully saturated rings. The van der Waals surface area contributed by atoms with Gasteiger partial charge in [0, 0.05) is 16.6 Å². The van der Waals surface area contributed by atoms with Crippen molar-refractivity contribution in [2.24, 2.45) is 4.99 Å². The van der Waals surface area contributed by atoms with Gasteiger partial charge in [-0.25, -0.2) is 4.79 Å². The average Bonchev–Trinajstić information content (AvgIpc) is 2.68. The van der Waals surface area contributed by atoms with Gasteiger partial charge >= 0.3 is 5.63 Å². The van der Waals surface area contributed by atoms with E-state index in [1.807, 2.05) is 24.3 Å². The van der Waals surface area contributed by atoms with Gasteiger partial charge in [0.15, 0.2) is 0 Å². The first-order chi connectivity index (χ1) is 10.2. The smallest absolute Gasteiger partial charge is 0.347 e. The van der Waals surface area contributed by atoms with E-state index in [4.69, 9.17) is 16.0 Å². The molecule has 0 atom stereocenters. The van der Waals surface area contributed by atoms with E-state index in [0.717, 1.165) is 16.8 Å². The summed E-state index contributed by atoms with van der Waals surface area (Å²) in [6.07, 6.45) is 1.53. The van der Waals surface area contributed by atoms with Gasteiger partial charge in [-0.1, -0.05) is 23.7 Å². The van der Waals surface area contributed by atoms with Crippen LogP contribution in [-0.4, -0.2) is 6.21 Å². The average molecular weight is 297 g/mol. The van der Waals surface area contributed by atoms with Crippen LogP contribution in [0.25, 0.3) is 11.0 Å². The van der Waals surface area contributed by atoms with E-state index in [1.54, 1.807) is 18.2 Å². The van der Waals surface area contributed by atoms with Gasteiger partial charge in [-0.2, -0.15) is 0 Å². The third-order valence-corrected chi connectivity index (χ3v) is 3.63. The number of nitrogens with one attached hydrogen (secondary N) is 1. The highest BCUT2D eigenvalue weighted by Gasteiger charge is 2.17. The minimum atomic E-state index is -0.427. The van der Waals surface area contributed by atoms with Crippen LogP contribution in [0.2, 0.25) is 5.02 Å². The summed E-state index contributed by atoms with van der Waals surface area (Å²) in [5.41, 5.74) is 2.72. The molecule has 0 unspecified atom stereocenters. The number of hydrogen-bond acceptors (Lipinski definition) is 4. The molecule has 5 heteroatoms. The Hall–Kier alpha value is -2.59. The Morgan fingerprint density at radius 2 is 2.00 bits per heavy atom. The van der Waals surface area contributed by atoms with Crippen LogP contribution >= 0.6 is 11.6 Å². The highest BCUT2D eigenvalue weighted by Crippen LogP contribution is 2.35. The second-order valence-electron chi connectivity index (χ2n) is 4.72. The fourth-order valence-electron chi connectivity index (χ4n) is 2.40. The number of para-hydroxylation sites is 2. The molecule has 0 aliphatic carbocycles. The first-order valence-electron chi connectivity index (χ1n) is 6.39. The van der Waals surface area contributed by atoms with Crippen LogP contribution in [0.4, 0.5) is 17.1 Å². The molecule has 0 radical (unpaired) electrons. The molecule has 1 aromatic heterocycles. The molecular formula is C16H9ClN2O2. The molecule has 0 amide bonds. The highest BCUT2D eigenvalue weighted by molar-refractivity contribution is 6.31. The molecule has 1 N–H and O–H groups in total. The van der Waals surface area contributed by atoms with Crippen molar-refractivity contribution in [3.63, 3.8) is 0 Å². The van der Waals surface area contributed by atoms with Crippen LogP contribution in [0.1, 0.15) is 5.56 Å². The Labute approximate surface area is 124 Å². The monoisotopic (exact) mass is 296 g/mol. The van der Waals surface area contributed by atoms with Crippen LogP contribution in [-0.2, 0) is 0 Å². The first-order valence-corrected chi connectivity index (χ1v) is 6.77. The van der Waals surface area contributed by atoms with Crippen molar-refractivity contribution >= 4 is 45.8 Å². The number of nitrogens with zero attached hydrogens (tertiary/aromatic N) is 1. The summed E-state index contributed by atoms with van der Waals surface area (Å²) in [4.78, 5) is 16.5. The lowest BCUT2D eigenvalue weighted by Gasteiger charge is -2.10. The molecule has 0 bridgehead atoms. The largest absolute Gasteiger partial charge is 0.422 e. The first kappa shape index (κ1) is 12.2. The molecule has 21 heavy (non-hydrogen) atoms. The number of hydrogen-bond donors (Lipinski definition) is 1. The molecule has 1 aliphatic rings. The lowest BCUT2D eigenvalue weighted by molar-refractivity contribution is 0.560. The Morgan fingerprint density at radius 3 is 2.90 bits per heavy atom. The summed E-state index contributed by atoms with van der Waals surface area (Å²) < 4.78 is 5.32. The lowest BCUT2D eigenvalue weighted by Crippen LogP contribution is -2.09. The van der Waals surface area contributed by atoms with Gasteiger partial charge in [0.2, 0.25) is 0 Å². The second-order valence-corrected chi connectivity index (χ2v) is 5.16. The molecule has 0 saturated carbocycles. The fourth-order valence-corrected chi connectivity index (χ4v) is 2.57. The van der Waals surface area contributed by atoms with Gasteiger partial charge in [-0.15, -0.1) is 0 Å². The van der Waals surface area contributed by atoms with Crippen molar-refractivity contribution < 1.29 is 4.42 Å².